The van der Waals surface area contributed by atoms with Crippen molar-refractivity contribution in [2.24, 2.45) is 0 Å². The molecule has 0 bridgehead atoms. The fourth-order valence-electron chi connectivity index (χ4n) is 3.44. The van der Waals surface area contributed by atoms with Gasteiger partial charge in [0.1, 0.15) is 11.5 Å². The first-order valence-electron chi connectivity index (χ1n) is 11.5. The average Bonchev–Trinajstić information content (AvgIpc) is 2.60. The van der Waals surface area contributed by atoms with Crippen molar-refractivity contribution in [1.82, 2.24) is 0 Å². The third kappa shape index (κ3) is 7.05. The maximum atomic E-state index is 11.1. The fraction of sp³-hybridized carbons (Fsp3) is 0.571. The summed E-state index contributed by atoms with van der Waals surface area (Å²) in [6.45, 7) is 26.0. The van der Waals surface area contributed by atoms with Crippen molar-refractivity contribution in [3.63, 3.8) is 0 Å². The van der Waals surface area contributed by atoms with Crippen molar-refractivity contribution >= 4 is 31.4 Å². The molecule has 0 spiro atoms. The van der Waals surface area contributed by atoms with Crippen molar-refractivity contribution in [3.8, 4) is 11.5 Å². The van der Waals surface area contributed by atoms with Crippen LogP contribution in [0.5, 0.6) is 11.5 Å². The van der Waals surface area contributed by atoms with Crippen molar-refractivity contribution in [2.75, 3.05) is 0 Å². The van der Waals surface area contributed by atoms with Crippen LogP contribution in [0.1, 0.15) is 105 Å². The lowest BCUT2D eigenvalue weighted by Gasteiger charge is -2.27. The van der Waals surface area contributed by atoms with Crippen LogP contribution < -0.4 is 0 Å². The predicted molar refractivity (Wildman–Crippen MR) is 150 cm³/mol. The molecular formula is C28H42O2S3. The summed E-state index contributed by atoms with van der Waals surface area (Å²) in [5, 5.41) is 22.2. The molecule has 0 aliphatic rings. The Kier molecular flexibility index (Phi) is 8.26. The van der Waals surface area contributed by atoms with E-state index in [4.69, 9.17) is 0 Å². The van der Waals surface area contributed by atoms with Crippen LogP contribution in [0.4, 0.5) is 0 Å². The first-order valence-corrected chi connectivity index (χ1v) is 15.0. The highest BCUT2D eigenvalue weighted by Gasteiger charge is 2.27. The maximum absolute atomic E-state index is 11.1. The van der Waals surface area contributed by atoms with Gasteiger partial charge in [0.05, 0.1) is 9.79 Å². The van der Waals surface area contributed by atoms with Gasteiger partial charge in [-0.15, -0.1) is 0 Å². The Labute approximate surface area is 213 Å². The zero-order chi connectivity index (χ0) is 25.6. The van der Waals surface area contributed by atoms with E-state index in [1.165, 1.54) is 11.1 Å². The minimum atomic E-state index is -0.153. The highest BCUT2D eigenvalue weighted by atomic mass is 33.5. The molecule has 2 aromatic rings. The van der Waals surface area contributed by atoms with E-state index < -0.39 is 0 Å². The Hall–Kier alpha value is -0.910. The van der Waals surface area contributed by atoms with Gasteiger partial charge in [0.15, 0.2) is 0 Å². The van der Waals surface area contributed by atoms with Crippen LogP contribution in [0.25, 0.3) is 0 Å². The topological polar surface area (TPSA) is 40.5 Å². The van der Waals surface area contributed by atoms with E-state index in [-0.39, 0.29) is 21.7 Å². The Balaban J connectivity index is 2.43. The Morgan fingerprint density at radius 1 is 0.485 bits per heavy atom. The molecule has 0 heterocycles. The van der Waals surface area contributed by atoms with Gasteiger partial charge in [-0.3, -0.25) is 0 Å². The van der Waals surface area contributed by atoms with Crippen LogP contribution in [0.3, 0.4) is 0 Å². The zero-order valence-corrected chi connectivity index (χ0v) is 24.9. The standard InChI is InChI=1S/C28H42O2S3/c1-25(2,3)17-13-19(27(7,8)9)23(29)21(15-17)31-33-32-22-16-18(26(4,5)6)14-20(24(22)30)28(10,11)12/h13-16,29-30H,1-12H3. The fourth-order valence-corrected chi connectivity index (χ4v) is 7.28. The molecule has 2 N–H and O–H groups in total. The largest absolute Gasteiger partial charge is 0.506 e. The lowest BCUT2D eigenvalue weighted by molar-refractivity contribution is 0.431. The molecule has 184 valence electrons. The predicted octanol–water partition coefficient (Wildman–Crippen LogP) is 9.74. The van der Waals surface area contributed by atoms with Crippen molar-refractivity contribution in [1.29, 1.82) is 0 Å². The van der Waals surface area contributed by atoms with Gasteiger partial charge in [0, 0.05) is 11.1 Å². The summed E-state index contributed by atoms with van der Waals surface area (Å²) in [5.41, 5.74) is 4.03. The van der Waals surface area contributed by atoms with Crippen molar-refractivity contribution in [3.05, 3.63) is 46.5 Å². The first kappa shape index (κ1) is 28.3. The molecule has 0 aliphatic carbocycles. The third-order valence-electron chi connectivity index (χ3n) is 5.75. The molecule has 0 fully saturated rings. The zero-order valence-electron chi connectivity index (χ0n) is 22.4. The minimum absolute atomic E-state index is 0.0122. The number of benzene rings is 2. The van der Waals surface area contributed by atoms with E-state index in [1.54, 1.807) is 31.4 Å². The first-order chi connectivity index (χ1) is 14.7. The molecule has 0 saturated carbocycles. The van der Waals surface area contributed by atoms with Gasteiger partial charge in [-0.2, -0.15) is 0 Å². The van der Waals surface area contributed by atoms with E-state index in [0.29, 0.717) is 11.5 Å². The number of rotatable bonds is 4. The van der Waals surface area contributed by atoms with Gasteiger partial charge in [-0.25, -0.2) is 0 Å². The minimum Gasteiger partial charge on any atom is -0.506 e. The number of hydrogen-bond donors (Lipinski definition) is 2. The molecule has 5 heteroatoms. The van der Waals surface area contributed by atoms with Crippen molar-refractivity contribution in [2.45, 2.75) is 115 Å². The second kappa shape index (κ2) is 9.62. The Morgan fingerprint density at radius 3 is 1.03 bits per heavy atom. The molecule has 0 radical (unpaired) electrons. The molecule has 2 nitrogen and oxygen atoms in total. The van der Waals surface area contributed by atoms with Crippen molar-refractivity contribution < 1.29 is 10.2 Å². The molecular weight excluding hydrogens is 465 g/mol. The molecule has 33 heavy (non-hydrogen) atoms. The Morgan fingerprint density at radius 2 is 0.788 bits per heavy atom. The monoisotopic (exact) mass is 506 g/mol. The van der Waals surface area contributed by atoms with Gasteiger partial charge in [-0.1, -0.05) is 95.2 Å². The van der Waals surface area contributed by atoms with Crippen LogP contribution in [0, 0.1) is 0 Å². The van der Waals surface area contributed by atoms with Crippen LogP contribution in [0.2, 0.25) is 0 Å². The van der Waals surface area contributed by atoms with Crippen LogP contribution in [-0.4, -0.2) is 10.2 Å². The Bertz CT molecular complexity index is 917. The second-order valence-corrected chi connectivity index (χ2v) is 17.0. The van der Waals surface area contributed by atoms with E-state index in [2.05, 4.69) is 107 Å². The second-order valence-electron chi connectivity index (χ2n) is 13.0. The van der Waals surface area contributed by atoms with E-state index in [0.717, 1.165) is 20.9 Å². The molecule has 2 aromatic carbocycles. The smallest absolute Gasteiger partial charge is 0.133 e. The van der Waals surface area contributed by atoms with Crippen LogP contribution >= 0.6 is 31.4 Å². The van der Waals surface area contributed by atoms with E-state index in [1.807, 2.05) is 0 Å². The summed E-state index contributed by atoms with van der Waals surface area (Å²) >= 11 is 0. The molecule has 2 rings (SSSR count). The van der Waals surface area contributed by atoms with Gasteiger partial charge in [0.25, 0.3) is 0 Å². The number of hydrogen-bond acceptors (Lipinski definition) is 5. The van der Waals surface area contributed by atoms with Gasteiger partial charge >= 0.3 is 0 Å². The molecule has 0 unspecified atom stereocenters. The number of phenolic OH excluding ortho intramolecular Hbond substituents is 2. The van der Waals surface area contributed by atoms with Gasteiger partial charge in [0.2, 0.25) is 0 Å². The van der Waals surface area contributed by atoms with Crippen LogP contribution in [-0.2, 0) is 21.7 Å². The highest BCUT2D eigenvalue weighted by Crippen LogP contribution is 2.53. The van der Waals surface area contributed by atoms with Crippen LogP contribution in [0.15, 0.2) is 34.1 Å². The summed E-state index contributed by atoms with van der Waals surface area (Å²) in [7, 11) is 4.69. The summed E-state index contributed by atoms with van der Waals surface area (Å²) in [4.78, 5) is 1.74. The quantitative estimate of drug-likeness (QED) is 0.404. The summed E-state index contributed by atoms with van der Waals surface area (Å²) in [5.74, 6) is 0.716. The normalized spacial score (nSPS) is 13.5. The highest BCUT2D eigenvalue weighted by molar-refractivity contribution is 9.09. The third-order valence-corrected chi connectivity index (χ3v) is 9.57. The lowest BCUT2D eigenvalue weighted by atomic mass is 9.80. The number of phenols is 2. The summed E-state index contributed by atoms with van der Waals surface area (Å²) in [6.07, 6.45) is 0. The van der Waals surface area contributed by atoms with Gasteiger partial charge < -0.3 is 10.2 Å². The van der Waals surface area contributed by atoms with Gasteiger partial charge in [-0.05, 0) is 76.3 Å². The molecule has 0 atom stereocenters. The molecule has 0 aromatic heterocycles. The molecule has 0 amide bonds. The average molecular weight is 507 g/mol. The van der Waals surface area contributed by atoms with E-state index >= 15 is 0 Å². The maximum Gasteiger partial charge on any atom is 0.133 e. The molecule has 0 aliphatic heterocycles. The summed E-state index contributed by atoms with van der Waals surface area (Å²) in [6, 6.07) is 8.50. The number of aromatic hydroxyl groups is 2. The van der Waals surface area contributed by atoms with E-state index in [9.17, 15) is 10.2 Å². The SMILES string of the molecule is CC(C)(C)c1cc(SSSc2cc(C(C)(C)C)cc(C(C)(C)C)c2O)c(O)c(C(C)(C)C)c1. The summed E-state index contributed by atoms with van der Waals surface area (Å²) < 4.78 is 0. The molecule has 0 saturated heterocycles. The lowest BCUT2D eigenvalue weighted by Crippen LogP contribution is -2.16.